The molecule has 2 amide bonds. The van der Waals surface area contributed by atoms with Crippen LogP contribution in [0, 0.1) is 5.92 Å². The Balaban J connectivity index is 1.98. The number of nitrogens with one attached hydrogen (secondary N) is 1. The molecule has 0 radical (unpaired) electrons. The largest absolute Gasteiger partial charge is 0.480 e. The summed E-state index contributed by atoms with van der Waals surface area (Å²) >= 11 is 0. The first-order valence-corrected chi connectivity index (χ1v) is 7.27. The number of aliphatic hydroxyl groups is 1. The summed E-state index contributed by atoms with van der Waals surface area (Å²) in [7, 11) is 0. The van der Waals surface area contributed by atoms with E-state index in [-0.39, 0.29) is 11.9 Å². The molecule has 0 aromatic carbocycles. The van der Waals surface area contributed by atoms with Gasteiger partial charge >= 0.3 is 12.0 Å². The second-order valence-corrected chi connectivity index (χ2v) is 6.60. The Morgan fingerprint density at radius 2 is 2.00 bits per heavy atom. The predicted molar refractivity (Wildman–Crippen MR) is 73.3 cm³/mol. The summed E-state index contributed by atoms with van der Waals surface area (Å²) in [5.74, 6) is -0.944. The summed E-state index contributed by atoms with van der Waals surface area (Å²) in [5, 5.41) is 22.1. The smallest absolute Gasteiger partial charge is 0.328 e. The van der Waals surface area contributed by atoms with Crippen molar-refractivity contribution in [3.63, 3.8) is 0 Å². The van der Waals surface area contributed by atoms with Crippen LogP contribution in [0.2, 0.25) is 0 Å². The standard InChI is InChI=1S/C14H24N2O4/c1-13(2,11(17)18)15-12(19)16-8-7-14(20)6-4-3-5-10(14)9-16/h10,20H,3-9H2,1-2H3,(H,15,19)(H,17,18). The number of carboxylic acids is 1. The molecule has 1 saturated heterocycles. The molecular formula is C14H24N2O4. The molecule has 3 N–H and O–H groups in total. The number of likely N-dealkylation sites (tertiary alicyclic amines) is 1. The van der Waals surface area contributed by atoms with E-state index < -0.39 is 17.1 Å². The topological polar surface area (TPSA) is 89.9 Å². The quantitative estimate of drug-likeness (QED) is 0.710. The van der Waals surface area contributed by atoms with E-state index in [1.165, 1.54) is 13.8 Å². The van der Waals surface area contributed by atoms with Crippen LogP contribution in [-0.2, 0) is 4.79 Å². The molecule has 2 fully saturated rings. The molecule has 6 heteroatoms. The fourth-order valence-corrected chi connectivity index (χ4v) is 3.16. The van der Waals surface area contributed by atoms with Gasteiger partial charge in [-0.05, 0) is 33.1 Å². The monoisotopic (exact) mass is 284 g/mol. The third-order valence-electron chi connectivity index (χ3n) is 4.67. The van der Waals surface area contributed by atoms with Crippen molar-refractivity contribution in [2.24, 2.45) is 5.92 Å². The van der Waals surface area contributed by atoms with Gasteiger partial charge in [-0.15, -0.1) is 0 Å². The summed E-state index contributed by atoms with van der Waals surface area (Å²) in [6, 6.07) is -0.356. The number of carboxylic acid groups (broad SMARTS) is 1. The van der Waals surface area contributed by atoms with Crippen molar-refractivity contribution >= 4 is 12.0 Å². The molecule has 1 aliphatic carbocycles. The van der Waals surface area contributed by atoms with Crippen molar-refractivity contribution in [2.45, 2.75) is 57.1 Å². The molecule has 1 heterocycles. The lowest BCUT2D eigenvalue weighted by atomic mass is 9.71. The van der Waals surface area contributed by atoms with E-state index >= 15 is 0 Å². The SMILES string of the molecule is CC(C)(NC(=O)N1CCC2(O)CCCCC2C1)C(=O)O. The number of nitrogens with zero attached hydrogens (tertiary/aromatic N) is 1. The van der Waals surface area contributed by atoms with Crippen LogP contribution in [0.3, 0.4) is 0 Å². The summed E-state index contributed by atoms with van der Waals surface area (Å²) < 4.78 is 0. The minimum Gasteiger partial charge on any atom is -0.480 e. The van der Waals surface area contributed by atoms with Gasteiger partial charge in [0.25, 0.3) is 0 Å². The maximum Gasteiger partial charge on any atom is 0.328 e. The van der Waals surface area contributed by atoms with E-state index in [1.807, 2.05) is 0 Å². The van der Waals surface area contributed by atoms with Gasteiger partial charge in [-0.2, -0.15) is 0 Å². The van der Waals surface area contributed by atoms with Gasteiger partial charge in [0.2, 0.25) is 0 Å². The Hall–Kier alpha value is -1.30. The Morgan fingerprint density at radius 1 is 1.30 bits per heavy atom. The van der Waals surface area contributed by atoms with Crippen LogP contribution in [0.15, 0.2) is 0 Å². The number of piperidine rings is 1. The minimum absolute atomic E-state index is 0.115. The number of rotatable bonds is 2. The van der Waals surface area contributed by atoms with Crippen molar-refractivity contribution in [3.8, 4) is 0 Å². The Bertz CT molecular complexity index is 410. The summed E-state index contributed by atoms with van der Waals surface area (Å²) in [5.41, 5.74) is -1.91. The lowest BCUT2D eigenvalue weighted by Gasteiger charge is -2.47. The second kappa shape index (κ2) is 5.24. The number of hydrogen-bond donors (Lipinski definition) is 3. The average molecular weight is 284 g/mol. The fourth-order valence-electron chi connectivity index (χ4n) is 3.16. The van der Waals surface area contributed by atoms with Gasteiger partial charge < -0.3 is 20.4 Å². The maximum atomic E-state index is 12.2. The highest BCUT2D eigenvalue weighted by molar-refractivity contribution is 5.85. The number of fused-ring (bicyclic) bond motifs is 1. The highest BCUT2D eigenvalue weighted by Gasteiger charge is 2.44. The fraction of sp³-hybridized carbons (Fsp3) is 0.857. The van der Waals surface area contributed by atoms with Gasteiger partial charge in [-0.3, -0.25) is 0 Å². The van der Waals surface area contributed by atoms with Crippen LogP contribution in [0.25, 0.3) is 0 Å². The Kier molecular flexibility index (Phi) is 3.95. The van der Waals surface area contributed by atoms with Crippen LogP contribution in [-0.4, -0.2) is 51.3 Å². The first kappa shape index (κ1) is 15.1. The van der Waals surface area contributed by atoms with Crippen LogP contribution >= 0.6 is 0 Å². The van der Waals surface area contributed by atoms with Crippen LogP contribution in [0.1, 0.15) is 46.0 Å². The highest BCUT2D eigenvalue weighted by Crippen LogP contribution is 2.39. The molecule has 2 unspecified atom stereocenters. The zero-order valence-corrected chi connectivity index (χ0v) is 12.2. The van der Waals surface area contributed by atoms with E-state index in [9.17, 15) is 14.7 Å². The number of hydrogen-bond acceptors (Lipinski definition) is 3. The number of carbonyl (C=O) groups is 2. The molecule has 0 aromatic heterocycles. The molecule has 6 nitrogen and oxygen atoms in total. The zero-order chi connectivity index (χ0) is 15.0. The molecule has 114 valence electrons. The number of carbonyl (C=O) groups excluding carboxylic acids is 1. The van der Waals surface area contributed by atoms with E-state index in [0.29, 0.717) is 19.5 Å². The average Bonchev–Trinajstić information content (AvgIpc) is 2.36. The maximum absolute atomic E-state index is 12.2. The van der Waals surface area contributed by atoms with Crippen molar-refractivity contribution in [3.05, 3.63) is 0 Å². The predicted octanol–water partition coefficient (Wildman–Crippen LogP) is 1.19. The zero-order valence-electron chi connectivity index (χ0n) is 12.2. The summed E-state index contributed by atoms with van der Waals surface area (Å²) in [6.45, 7) is 3.93. The minimum atomic E-state index is -1.28. The number of amides is 2. The summed E-state index contributed by atoms with van der Waals surface area (Å²) in [4.78, 5) is 24.8. The molecule has 0 aromatic rings. The van der Waals surface area contributed by atoms with Crippen molar-refractivity contribution < 1.29 is 19.8 Å². The van der Waals surface area contributed by atoms with Crippen molar-refractivity contribution in [1.29, 1.82) is 0 Å². The molecule has 2 rings (SSSR count). The van der Waals surface area contributed by atoms with E-state index in [4.69, 9.17) is 5.11 Å². The van der Waals surface area contributed by atoms with E-state index in [2.05, 4.69) is 5.32 Å². The molecule has 1 saturated carbocycles. The number of aliphatic carboxylic acids is 1. The van der Waals surface area contributed by atoms with Gasteiger partial charge in [0.05, 0.1) is 5.60 Å². The van der Waals surface area contributed by atoms with Gasteiger partial charge in [-0.25, -0.2) is 9.59 Å². The molecule has 0 bridgehead atoms. The van der Waals surface area contributed by atoms with Crippen molar-refractivity contribution in [2.75, 3.05) is 13.1 Å². The van der Waals surface area contributed by atoms with Gasteiger partial charge in [0, 0.05) is 19.0 Å². The first-order valence-electron chi connectivity index (χ1n) is 7.27. The van der Waals surface area contributed by atoms with E-state index in [1.54, 1.807) is 4.90 Å². The first-order chi connectivity index (χ1) is 9.24. The molecular weight excluding hydrogens is 260 g/mol. The van der Waals surface area contributed by atoms with Crippen LogP contribution in [0.4, 0.5) is 4.79 Å². The normalized spacial score (nSPS) is 30.6. The molecule has 2 aliphatic rings. The van der Waals surface area contributed by atoms with Crippen molar-refractivity contribution in [1.82, 2.24) is 10.2 Å². The highest BCUT2D eigenvalue weighted by atomic mass is 16.4. The second-order valence-electron chi connectivity index (χ2n) is 6.60. The van der Waals surface area contributed by atoms with Gasteiger partial charge in [-0.1, -0.05) is 12.8 Å². The third-order valence-corrected chi connectivity index (χ3v) is 4.67. The van der Waals surface area contributed by atoms with Gasteiger partial charge in [0.15, 0.2) is 0 Å². The summed E-state index contributed by atoms with van der Waals surface area (Å²) in [6.07, 6.45) is 4.46. The van der Waals surface area contributed by atoms with Crippen LogP contribution in [0.5, 0.6) is 0 Å². The molecule has 2 atom stereocenters. The van der Waals surface area contributed by atoms with Crippen LogP contribution < -0.4 is 5.32 Å². The number of urea groups is 1. The lowest BCUT2D eigenvalue weighted by Crippen LogP contribution is -2.60. The third kappa shape index (κ3) is 2.90. The van der Waals surface area contributed by atoms with E-state index in [0.717, 1.165) is 25.7 Å². The molecule has 20 heavy (non-hydrogen) atoms. The molecule has 1 aliphatic heterocycles. The lowest BCUT2D eigenvalue weighted by molar-refractivity contribution is -0.143. The Morgan fingerprint density at radius 3 is 2.65 bits per heavy atom. The molecule has 0 spiro atoms. The Labute approximate surface area is 119 Å². The van der Waals surface area contributed by atoms with Gasteiger partial charge in [0.1, 0.15) is 5.54 Å².